The Labute approximate surface area is 87.3 Å². The molecule has 2 aromatic rings. The smallest absolute Gasteiger partial charge is 0.177 e. The van der Waals surface area contributed by atoms with Gasteiger partial charge in [0.25, 0.3) is 0 Å². The monoisotopic (exact) mass is 208 g/mol. The average molecular weight is 208 g/mol. The van der Waals surface area contributed by atoms with Crippen molar-refractivity contribution in [3.8, 4) is 0 Å². The minimum absolute atomic E-state index is 0.116. The zero-order valence-electron chi connectivity index (χ0n) is 7.53. The first-order valence-electron chi connectivity index (χ1n) is 4.02. The summed E-state index contributed by atoms with van der Waals surface area (Å²) in [5.41, 5.74) is 8.03. The Balaban J connectivity index is 0.000000171. The number of aromatic nitrogens is 1. The summed E-state index contributed by atoms with van der Waals surface area (Å²) < 4.78 is 0. The number of thiocarbonyl (C=S) groups is 1. The molecule has 2 rings (SSSR count). The molecule has 0 unspecified atom stereocenters. The third-order valence-corrected chi connectivity index (χ3v) is 1.72. The van der Waals surface area contributed by atoms with Gasteiger partial charge in [-0.05, 0) is 29.7 Å². The maximum absolute atomic E-state index is 4.79. The van der Waals surface area contributed by atoms with Gasteiger partial charge in [0, 0.05) is 11.7 Å². The number of hydrazine groups is 1. The van der Waals surface area contributed by atoms with Crippen molar-refractivity contribution in [1.29, 1.82) is 0 Å². The van der Waals surface area contributed by atoms with E-state index in [0.29, 0.717) is 0 Å². The van der Waals surface area contributed by atoms with Crippen LogP contribution in [0.4, 0.5) is 0 Å². The van der Waals surface area contributed by atoms with Gasteiger partial charge in [0.1, 0.15) is 0 Å². The SMILES string of the molecule is NNC(N)=S.c1ccc2[nH]ccc2c1. The molecular weight excluding hydrogens is 196 g/mol. The number of aromatic amines is 1. The van der Waals surface area contributed by atoms with Crippen molar-refractivity contribution in [3.63, 3.8) is 0 Å². The second-order valence-corrected chi connectivity index (χ2v) is 3.01. The third-order valence-electron chi connectivity index (χ3n) is 1.60. The number of H-pyrrole nitrogens is 1. The summed E-state index contributed by atoms with van der Waals surface area (Å²) in [6.07, 6.45) is 1.95. The van der Waals surface area contributed by atoms with E-state index in [1.165, 1.54) is 10.9 Å². The summed E-state index contributed by atoms with van der Waals surface area (Å²) in [6.45, 7) is 0. The van der Waals surface area contributed by atoms with Crippen molar-refractivity contribution in [1.82, 2.24) is 10.4 Å². The van der Waals surface area contributed by atoms with Crippen molar-refractivity contribution >= 4 is 28.2 Å². The molecule has 4 nitrogen and oxygen atoms in total. The largest absolute Gasteiger partial charge is 0.375 e. The summed E-state index contributed by atoms with van der Waals surface area (Å²) in [7, 11) is 0. The van der Waals surface area contributed by atoms with Crippen LogP contribution in [0.15, 0.2) is 36.5 Å². The highest BCUT2D eigenvalue weighted by Crippen LogP contribution is 2.09. The number of para-hydroxylation sites is 1. The van der Waals surface area contributed by atoms with Gasteiger partial charge in [0.05, 0.1) is 0 Å². The van der Waals surface area contributed by atoms with Gasteiger partial charge in [-0.2, -0.15) is 0 Å². The zero-order chi connectivity index (χ0) is 10.4. The molecule has 0 fully saturated rings. The van der Waals surface area contributed by atoms with E-state index in [0.717, 1.165) is 0 Å². The zero-order valence-corrected chi connectivity index (χ0v) is 8.34. The fourth-order valence-corrected chi connectivity index (χ4v) is 0.995. The van der Waals surface area contributed by atoms with Crippen LogP contribution in [0.5, 0.6) is 0 Å². The highest BCUT2D eigenvalue weighted by molar-refractivity contribution is 7.80. The molecule has 74 valence electrons. The summed E-state index contributed by atoms with van der Waals surface area (Å²) >= 11 is 4.24. The van der Waals surface area contributed by atoms with Crippen molar-refractivity contribution in [2.24, 2.45) is 11.6 Å². The number of fused-ring (bicyclic) bond motifs is 1. The van der Waals surface area contributed by atoms with Crippen molar-refractivity contribution in [3.05, 3.63) is 36.5 Å². The van der Waals surface area contributed by atoms with Crippen LogP contribution < -0.4 is 17.0 Å². The van der Waals surface area contributed by atoms with Crippen LogP contribution in [0.25, 0.3) is 10.9 Å². The van der Waals surface area contributed by atoms with Gasteiger partial charge in [-0.25, -0.2) is 5.84 Å². The topological polar surface area (TPSA) is 79.9 Å². The Hall–Kier alpha value is -1.59. The summed E-state index contributed by atoms with van der Waals surface area (Å²) in [5, 5.41) is 1.39. The Morgan fingerprint density at radius 2 is 1.93 bits per heavy atom. The first-order chi connectivity index (χ1) is 6.74. The number of rotatable bonds is 0. The second kappa shape index (κ2) is 5.21. The number of hydrogen-bond acceptors (Lipinski definition) is 2. The first-order valence-corrected chi connectivity index (χ1v) is 4.43. The average Bonchev–Trinajstić information content (AvgIpc) is 2.66. The summed E-state index contributed by atoms with van der Waals surface area (Å²) in [4.78, 5) is 3.12. The minimum atomic E-state index is 0.116. The van der Waals surface area contributed by atoms with Gasteiger partial charge >= 0.3 is 0 Å². The van der Waals surface area contributed by atoms with Gasteiger partial charge in [-0.1, -0.05) is 18.2 Å². The minimum Gasteiger partial charge on any atom is -0.375 e. The van der Waals surface area contributed by atoms with E-state index >= 15 is 0 Å². The maximum Gasteiger partial charge on any atom is 0.177 e. The number of benzene rings is 1. The van der Waals surface area contributed by atoms with Gasteiger partial charge in [-0.3, -0.25) is 0 Å². The van der Waals surface area contributed by atoms with E-state index in [2.05, 4.69) is 41.2 Å². The van der Waals surface area contributed by atoms with Crippen LogP contribution >= 0.6 is 12.2 Å². The fraction of sp³-hybridized carbons (Fsp3) is 0. The van der Waals surface area contributed by atoms with E-state index in [-0.39, 0.29) is 5.11 Å². The third kappa shape index (κ3) is 3.04. The van der Waals surface area contributed by atoms with Crippen LogP contribution in [0.2, 0.25) is 0 Å². The standard InChI is InChI=1S/C8H7N.CH5N3S/c1-2-4-8-7(3-1)5-6-9-8;2-1(5)4-3/h1-6,9H;3H2,(H3,2,4,5). The molecule has 0 saturated heterocycles. The van der Waals surface area contributed by atoms with E-state index in [4.69, 9.17) is 5.73 Å². The molecule has 1 aromatic carbocycles. The molecule has 0 aliphatic heterocycles. The van der Waals surface area contributed by atoms with Crippen molar-refractivity contribution in [2.75, 3.05) is 0 Å². The normalized spacial score (nSPS) is 8.93. The Kier molecular flexibility index (Phi) is 3.90. The molecule has 5 heteroatoms. The highest BCUT2D eigenvalue weighted by Gasteiger charge is 1.86. The van der Waals surface area contributed by atoms with Crippen LogP contribution in [0, 0.1) is 0 Å². The molecule has 1 aromatic heterocycles. The van der Waals surface area contributed by atoms with Gasteiger partial charge < -0.3 is 16.1 Å². The molecule has 0 saturated carbocycles. The summed E-state index contributed by atoms with van der Waals surface area (Å²) in [6, 6.07) is 10.3. The maximum atomic E-state index is 4.79. The van der Waals surface area contributed by atoms with Crippen molar-refractivity contribution < 1.29 is 0 Å². The molecule has 0 bridgehead atoms. The van der Waals surface area contributed by atoms with E-state index in [9.17, 15) is 0 Å². The molecule has 0 aliphatic carbocycles. The lowest BCUT2D eigenvalue weighted by molar-refractivity contribution is 1.03. The van der Waals surface area contributed by atoms with Gasteiger partial charge in [0.15, 0.2) is 5.11 Å². The predicted octanol–water partition coefficient (Wildman–Crippen LogP) is 0.861. The number of hydrogen-bond donors (Lipinski definition) is 4. The molecule has 0 spiro atoms. The van der Waals surface area contributed by atoms with Crippen LogP contribution in [0.3, 0.4) is 0 Å². The fourth-order valence-electron chi connectivity index (χ4n) is 0.995. The molecule has 1 heterocycles. The molecular formula is C9H12N4S. The lowest BCUT2D eigenvalue weighted by atomic mass is 10.3. The second-order valence-electron chi connectivity index (χ2n) is 2.57. The van der Waals surface area contributed by atoms with Crippen LogP contribution in [-0.4, -0.2) is 10.1 Å². The van der Waals surface area contributed by atoms with E-state index in [1.807, 2.05) is 23.8 Å². The highest BCUT2D eigenvalue weighted by atomic mass is 32.1. The molecule has 0 atom stereocenters. The summed E-state index contributed by atoms with van der Waals surface area (Å²) in [5.74, 6) is 4.66. The van der Waals surface area contributed by atoms with E-state index < -0.39 is 0 Å². The quantitative estimate of drug-likeness (QED) is 0.294. The Morgan fingerprint density at radius 3 is 2.50 bits per heavy atom. The van der Waals surface area contributed by atoms with Gasteiger partial charge in [0.2, 0.25) is 0 Å². The van der Waals surface area contributed by atoms with Gasteiger partial charge in [-0.15, -0.1) is 0 Å². The lowest BCUT2D eigenvalue weighted by Crippen LogP contribution is -2.34. The van der Waals surface area contributed by atoms with Crippen LogP contribution in [0.1, 0.15) is 0 Å². The Bertz CT molecular complexity index is 380. The molecule has 0 radical (unpaired) electrons. The van der Waals surface area contributed by atoms with Crippen LogP contribution in [-0.2, 0) is 0 Å². The molecule has 0 aliphatic rings. The molecule has 6 N–H and O–H groups in total. The predicted molar refractivity (Wildman–Crippen MR) is 62.4 cm³/mol. The Morgan fingerprint density at radius 1 is 1.29 bits per heavy atom. The molecule has 14 heavy (non-hydrogen) atoms. The molecule has 0 amide bonds. The lowest BCUT2D eigenvalue weighted by Gasteiger charge is -1.85. The number of nitrogens with two attached hydrogens (primary N) is 2. The first kappa shape index (κ1) is 10.5. The number of nitrogens with one attached hydrogen (secondary N) is 2. The van der Waals surface area contributed by atoms with E-state index in [1.54, 1.807) is 0 Å². The van der Waals surface area contributed by atoms with Crippen molar-refractivity contribution in [2.45, 2.75) is 0 Å².